The van der Waals surface area contributed by atoms with E-state index in [0.717, 1.165) is 4.57 Å². The van der Waals surface area contributed by atoms with Crippen LogP contribution in [-0.2, 0) is 11.3 Å². The maximum absolute atomic E-state index is 12.7. The highest BCUT2D eigenvalue weighted by molar-refractivity contribution is 14.1. The normalized spacial score (nSPS) is 10.3. The molecular weight excluding hydrogens is 400 g/mol. The van der Waals surface area contributed by atoms with Crippen LogP contribution >= 0.6 is 34.2 Å². The zero-order valence-electron chi connectivity index (χ0n) is 9.94. The zero-order valence-corrected chi connectivity index (χ0v) is 12.9. The molecule has 0 saturated heterocycles. The molecule has 0 radical (unpaired) electrons. The molecule has 0 fully saturated rings. The minimum Gasteiger partial charge on any atom is -0.325 e. The quantitative estimate of drug-likeness (QED) is 0.627. The fourth-order valence-electron chi connectivity index (χ4n) is 1.44. The molecule has 2 aromatic rings. The zero-order chi connectivity index (χ0) is 14.7. The number of benzene rings is 1. The van der Waals surface area contributed by atoms with Crippen molar-refractivity contribution in [2.75, 3.05) is 5.32 Å². The molecule has 1 N–H and O–H groups in total. The molecule has 2 rings (SSSR count). The molecule has 1 aromatic heterocycles. The summed E-state index contributed by atoms with van der Waals surface area (Å²) in [5.74, 6) is -0.811. The van der Waals surface area contributed by atoms with Crippen molar-refractivity contribution in [1.29, 1.82) is 0 Å². The molecule has 104 valence electrons. The molecule has 0 bridgehead atoms. The average molecular weight is 408 g/mol. The molecule has 0 atom stereocenters. The second kappa shape index (κ2) is 6.31. The van der Waals surface area contributed by atoms with Gasteiger partial charge in [0, 0.05) is 5.69 Å². The van der Waals surface area contributed by atoms with E-state index in [0.29, 0.717) is 5.69 Å². The predicted molar refractivity (Wildman–Crippen MR) is 81.3 cm³/mol. The van der Waals surface area contributed by atoms with Crippen molar-refractivity contribution in [3.05, 3.63) is 55.5 Å². The Balaban J connectivity index is 2.11. The highest BCUT2D eigenvalue weighted by atomic mass is 127. The Hall–Kier alpha value is -1.48. The number of hydrogen-bond donors (Lipinski definition) is 1. The van der Waals surface area contributed by atoms with Crippen molar-refractivity contribution in [1.82, 2.24) is 9.55 Å². The van der Waals surface area contributed by atoms with E-state index in [1.165, 1.54) is 30.6 Å². The maximum atomic E-state index is 12.7. The first kappa shape index (κ1) is 14.9. The number of anilines is 1. The molecular formula is C12H8ClFIN3O2. The summed E-state index contributed by atoms with van der Waals surface area (Å²) in [6.45, 7) is -0.198. The van der Waals surface area contributed by atoms with Crippen molar-refractivity contribution in [3.63, 3.8) is 0 Å². The van der Waals surface area contributed by atoms with Gasteiger partial charge in [0.15, 0.2) is 0 Å². The third-order valence-electron chi connectivity index (χ3n) is 2.38. The molecule has 1 aromatic carbocycles. The molecule has 8 heteroatoms. The first-order valence-corrected chi connectivity index (χ1v) is 6.89. The van der Waals surface area contributed by atoms with Crippen LogP contribution in [0.4, 0.5) is 10.1 Å². The SMILES string of the molecule is O=C(Cn1cnc(Cl)c(I)c1=O)Nc1ccc(F)cc1. The first-order chi connectivity index (χ1) is 9.47. The summed E-state index contributed by atoms with van der Waals surface area (Å²) in [6, 6.07) is 5.32. The Morgan fingerprint density at radius 1 is 1.40 bits per heavy atom. The lowest BCUT2D eigenvalue weighted by Crippen LogP contribution is -2.29. The summed E-state index contributed by atoms with van der Waals surface area (Å²) >= 11 is 7.47. The van der Waals surface area contributed by atoms with Gasteiger partial charge < -0.3 is 5.32 Å². The van der Waals surface area contributed by atoms with Gasteiger partial charge in [-0.3, -0.25) is 14.2 Å². The Kier molecular flexibility index (Phi) is 4.71. The second-order valence-corrected chi connectivity index (χ2v) is 5.27. The van der Waals surface area contributed by atoms with E-state index in [1.807, 2.05) is 0 Å². The number of halogens is 3. The number of amides is 1. The second-order valence-electron chi connectivity index (χ2n) is 3.84. The van der Waals surface area contributed by atoms with E-state index in [9.17, 15) is 14.0 Å². The maximum Gasteiger partial charge on any atom is 0.268 e. The van der Waals surface area contributed by atoms with E-state index in [2.05, 4.69) is 10.3 Å². The van der Waals surface area contributed by atoms with Crippen LogP contribution in [0.15, 0.2) is 35.4 Å². The van der Waals surface area contributed by atoms with E-state index in [4.69, 9.17) is 11.6 Å². The lowest BCUT2D eigenvalue weighted by molar-refractivity contribution is -0.116. The predicted octanol–water partition coefficient (Wildman–Crippen LogP) is 2.28. The van der Waals surface area contributed by atoms with Crippen molar-refractivity contribution in [3.8, 4) is 0 Å². The number of hydrogen-bond acceptors (Lipinski definition) is 3. The Bertz CT molecular complexity index is 703. The summed E-state index contributed by atoms with van der Waals surface area (Å²) in [4.78, 5) is 27.4. The van der Waals surface area contributed by atoms with Crippen molar-refractivity contribution >= 4 is 45.8 Å². The molecule has 1 amide bonds. The molecule has 0 unspecified atom stereocenters. The third kappa shape index (κ3) is 3.54. The Morgan fingerprint density at radius 2 is 2.05 bits per heavy atom. The van der Waals surface area contributed by atoms with Gasteiger partial charge in [0.05, 0.1) is 6.33 Å². The molecule has 0 aliphatic heterocycles. The van der Waals surface area contributed by atoms with Gasteiger partial charge in [-0.05, 0) is 46.9 Å². The summed E-state index contributed by atoms with van der Waals surface area (Å²) in [5, 5.41) is 2.65. The van der Waals surface area contributed by atoms with Crippen LogP contribution in [0.2, 0.25) is 5.15 Å². The topological polar surface area (TPSA) is 64.0 Å². The summed E-state index contributed by atoms with van der Waals surface area (Å²) < 4.78 is 14.1. The van der Waals surface area contributed by atoms with Gasteiger partial charge in [0.2, 0.25) is 5.91 Å². The van der Waals surface area contributed by atoms with E-state index < -0.39 is 11.7 Å². The summed E-state index contributed by atoms with van der Waals surface area (Å²) in [5.41, 5.74) is 0.0564. The Morgan fingerprint density at radius 3 is 2.70 bits per heavy atom. The lowest BCUT2D eigenvalue weighted by atomic mass is 10.3. The van der Waals surface area contributed by atoms with Crippen LogP contribution in [0.25, 0.3) is 0 Å². The summed E-state index contributed by atoms with van der Waals surface area (Å²) in [7, 11) is 0. The number of carbonyl (C=O) groups excluding carboxylic acids is 1. The number of nitrogens with one attached hydrogen (secondary N) is 1. The van der Waals surface area contributed by atoms with Crippen LogP contribution < -0.4 is 10.9 Å². The van der Waals surface area contributed by atoms with Crippen molar-refractivity contribution in [2.24, 2.45) is 0 Å². The summed E-state index contributed by atoms with van der Waals surface area (Å²) in [6.07, 6.45) is 1.21. The largest absolute Gasteiger partial charge is 0.325 e. The number of carbonyl (C=O) groups is 1. The van der Waals surface area contributed by atoms with Gasteiger partial charge in [0.1, 0.15) is 21.1 Å². The van der Waals surface area contributed by atoms with Gasteiger partial charge in [0.25, 0.3) is 5.56 Å². The minimum atomic E-state index is -0.418. The number of nitrogens with zero attached hydrogens (tertiary/aromatic N) is 2. The minimum absolute atomic E-state index is 0.103. The van der Waals surface area contributed by atoms with Gasteiger partial charge >= 0.3 is 0 Å². The first-order valence-electron chi connectivity index (χ1n) is 5.43. The monoisotopic (exact) mass is 407 g/mol. The van der Waals surface area contributed by atoms with E-state index >= 15 is 0 Å². The average Bonchev–Trinajstić information content (AvgIpc) is 2.42. The molecule has 20 heavy (non-hydrogen) atoms. The standard InChI is InChI=1S/C12H8ClFIN3O2/c13-11-10(15)12(20)18(6-16-11)5-9(19)17-8-3-1-7(14)2-4-8/h1-4,6H,5H2,(H,17,19). The lowest BCUT2D eigenvalue weighted by Gasteiger charge is -2.07. The van der Waals surface area contributed by atoms with Gasteiger partial charge in [-0.2, -0.15) is 0 Å². The fourth-order valence-corrected chi connectivity index (χ4v) is 2.02. The molecule has 0 spiro atoms. The van der Waals surface area contributed by atoms with Crippen molar-refractivity contribution in [2.45, 2.75) is 6.54 Å². The Labute approximate surface area is 131 Å². The highest BCUT2D eigenvalue weighted by Gasteiger charge is 2.10. The van der Waals surface area contributed by atoms with E-state index in [-0.39, 0.29) is 20.8 Å². The molecule has 5 nitrogen and oxygen atoms in total. The smallest absolute Gasteiger partial charge is 0.268 e. The molecule has 0 saturated carbocycles. The van der Waals surface area contributed by atoms with Crippen LogP contribution in [-0.4, -0.2) is 15.5 Å². The molecule has 0 aliphatic rings. The third-order valence-corrected chi connectivity index (χ3v) is 3.96. The molecule has 1 heterocycles. The van der Waals surface area contributed by atoms with Gasteiger partial charge in [-0.1, -0.05) is 11.6 Å². The van der Waals surface area contributed by atoms with Crippen LogP contribution in [0.3, 0.4) is 0 Å². The number of rotatable bonds is 3. The molecule has 0 aliphatic carbocycles. The highest BCUT2D eigenvalue weighted by Crippen LogP contribution is 2.10. The van der Waals surface area contributed by atoms with Gasteiger partial charge in [-0.25, -0.2) is 9.37 Å². The fraction of sp³-hybridized carbons (Fsp3) is 0.0833. The van der Waals surface area contributed by atoms with Gasteiger partial charge in [-0.15, -0.1) is 0 Å². The van der Waals surface area contributed by atoms with Crippen molar-refractivity contribution < 1.29 is 9.18 Å². The van der Waals surface area contributed by atoms with E-state index in [1.54, 1.807) is 22.6 Å². The van der Waals surface area contributed by atoms with Crippen LogP contribution in [0, 0.1) is 9.39 Å². The number of aromatic nitrogens is 2. The van der Waals surface area contributed by atoms with Crippen LogP contribution in [0.5, 0.6) is 0 Å². The van der Waals surface area contributed by atoms with Crippen LogP contribution in [0.1, 0.15) is 0 Å².